The van der Waals surface area contributed by atoms with E-state index in [-0.39, 0.29) is 6.61 Å². The highest BCUT2D eigenvalue weighted by Crippen LogP contribution is 2.24. The number of rotatable bonds is 4. The maximum atomic E-state index is 9.24. The molecule has 0 aliphatic heterocycles. The van der Waals surface area contributed by atoms with Gasteiger partial charge in [-0.15, -0.1) is 0 Å². The zero-order chi connectivity index (χ0) is 11.4. The highest BCUT2D eigenvalue weighted by atomic mass is 35.5. The van der Waals surface area contributed by atoms with E-state index in [0.717, 1.165) is 17.8 Å². The summed E-state index contributed by atoms with van der Waals surface area (Å²) >= 11 is 5.88. The van der Waals surface area contributed by atoms with Crippen molar-refractivity contribution in [1.29, 1.82) is 0 Å². The van der Waals surface area contributed by atoms with Gasteiger partial charge in [0.2, 0.25) is 0 Å². The van der Waals surface area contributed by atoms with E-state index in [4.69, 9.17) is 11.6 Å². The summed E-state index contributed by atoms with van der Waals surface area (Å²) in [5, 5.41) is 9.91. The van der Waals surface area contributed by atoms with E-state index in [1.54, 1.807) is 0 Å². The maximum absolute atomic E-state index is 9.24. The summed E-state index contributed by atoms with van der Waals surface area (Å²) in [4.78, 5) is 2.15. The zero-order valence-electron chi connectivity index (χ0n) is 9.50. The molecule has 1 aromatic carbocycles. The third-order valence-corrected chi connectivity index (χ3v) is 2.50. The van der Waals surface area contributed by atoms with Gasteiger partial charge in [0.05, 0.1) is 6.61 Å². The average Bonchev–Trinajstić information content (AvgIpc) is 2.16. The number of hydrogen-bond donors (Lipinski definition) is 1. The molecule has 0 bridgehead atoms. The van der Waals surface area contributed by atoms with Crippen LogP contribution in [0.2, 0.25) is 5.02 Å². The van der Waals surface area contributed by atoms with Gasteiger partial charge in [-0.1, -0.05) is 25.4 Å². The molecule has 15 heavy (non-hydrogen) atoms. The minimum Gasteiger partial charge on any atom is -0.392 e. The Morgan fingerprint density at radius 1 is 1.40 bits per heavy atom. The second-order valence-electron chi connectivity index (χ2n) is 4.21. The lowest BCUT2D eigenvalue weighted by molar-refractivity contribution is 0.282. The van der Waals surface area contributed by atoms with Crippen molar-refractivity contribution in [2.45, 2.75) is 20.5 Å². The second-order valence-corrected chi connectivity index (χ2v) is 4.64. The summed E-state index contributed by atoms with van der Waals surface area (Å²) in [5.41, 5.74) is 1.93. The van der Waals surface area contributed by atoms with E-state index >= 15 is 0 Å². The lowest BCUT2D eigenvalue weighted by Gasteiger charge is -2.24. The smallest absolute Gasteiger partial charge is 0.0702 e. The Labute approximate surface area is 96.5 Å². The summed E-state index contributed by atoms with van der Waals surface area (Å²) in [6.07, 6.45) is 0. The van der Waals surface area contributed by atoms with E-state index in [1.165, 1.54) is 0 Å². The SMILES string of the molecule is CC(C)CN(C)c1ccc(Cl)cc1CO. The van der Waals surface area contributed by atoms with Crippen LogP contribution < -0.4 is 4.90 Å². The van der Waals surface area contributed by atoms with Crippen LogP contribution in [0.1, 0.15) is 19.4 Å². The molecule has 0 spiro atoms. The van der Waals surface area contributed by atoms with Crippen LogP contribution in [0.3, 0.4) is 0 Å². The first kappa shape index (κ1) is 12.3. The molecular formula is C12H18ClNO. The third kappa shape index (κ3) is 3.40. The van der Waals surface area contributed by atoms with Crippen LogP contribution >= 0.6 is 11.6 Å². The quantitative estimate of drug-likeness (QED) is 0.855. The lowest BCUT2D eigenvalue weighted by Crippen LogP contribution is -2.23. The van der Waals surface area contributed by atoms with Gasteiger partial charge in [-0.25, -0.2) is 0 Å². The lowest BCUT2D eigenvalue weighted by atomic mass is 10.1. The van der Waals surface area contributed by atoms with E-state index in [9.17, 15) is 5.11 Å². The van der Waals surface area contributed by atoms with Crippen LogP contribution in [0.25, 0.3) is 0 Å². The molecule has 1 N–H and O–H groups in total. The molecule has 2 nitrogen and oxygen atoms in total. The topological polar surface area (TPSA) is 23.5 Å². The normalized spacial score (nSPS) is 10.8. The van der Waals surface area contributed by atoms with Gasteiger partial charge in [0.15, 0.2) is 0 Å². The van der Waals surface area contributed by atoms with E-state index in [0.29, 0.717) is 10.9 Å². The van der Waals surface area contributed by atoms with Crippen molar-refractivity contribution >= 4 is 17.3 Å². The monoisotopic (exact) mass is 227 g/mol. The summed E-state index contributed by atoms with van der Waals surface area (Å²) in [6.45, 7) is 5.34. The standard InChI is InChI=1S/C12H18ClNO/c1-9(2)7-14(3)12-5-4-11(13)6-10(12)8-15/h4-6,9,15H,7-8H2,1-3H3. The van der Waals surface area contributed by atoms with Crippen molar-refractivity contribution in [2.24, 2.45) is 5.92 Å². The Kier molecular flexibility index (Phi) is 4.43. The van der Waals surface area contributed by atoms with Gasteiger partial charge >= 0.3 is 0 Å². The molecule has 0 saturated heterocycles. The summed E-state index contributed by atoms with van der Waals surface area (Å²) in [6, 6.07) is 5.62. The second kappa shape index (κ2) is 5.38. The van der Waals surface area contributed by atoms with Crippen molar-refractivity contribution in [3.05, 3.63) is 28.8 Å². The Bertz CT molecular complexity index is 325. The fourth-order valence-corrected chi connectivity index (χ4v) is 1.89. The van der Waals surface area contributed by atoms with Crippen molar-refractivity contribution in [3.8, 4) is 0 Å². The number of hydrogen-bond acceptors (Lipinski definition) is 2. The molecule has 0 aliphatic rings. The molecule has 0 aliphatic carbocycles. The predicted octanol–water partition coefficient (Wildman–Crippen LogP) is 2.92. The average molecular weight is 228 g/mol. The van der Waals surface area contributed by atoms with E-state index in [2.05, 4.69) is 18.7 Å². The molecule has 1 rings (SSSR count). The van der Waals surface area contributed by atoms with E-state index < -0.39 is 0 Å². The Hall–Kier alpha value is -0.730. The first-order valence-electron chi connectivity index (χ1n) is 5.15. The number of aliphatic hydroxyl groups excluding tert-OH is 1. The summed E-state index contributed by atoms with van der Waals surface area (Å²) in [7, 11) is 2.03. The number of halogens is 1. The number of anilines is 1. The predicted molar refractivity (Wildman–Crippen MR) is 65.5 cm³/mol. The number of aliphatic hydroxyl groups is 1. The van der Waals surface area contributed by atoms with Gasteiger partial charge in [-0.2, -0.15) is 0 Å². The van der Waals surface area contributed by atoms with Gasteiger partial charge in [-0.05, 0) is 24.1 Å². The fourth-order valence-electron chi connectivity index (χ4n) is 1.70. The molecule has 0 heterocycles. The molecule has 0 amide bonds. The minimum atomic E-state index is 0.0261. The largest absolute Gasteiger partial charge is 0.392 e. The van der Waals surface area contributed by atoms with Crippen LogP contribution in [-0.4, -0.2) is 18.7 Å². The van der Waals surface area contributed by atoms with Gasteiger partial charge < -0.3 is 10.0 Å². The van der Waals surface area contributed by atoms with Gasteiger partial charge in [0.1, 0.15) is 0 Å². The van der Waals surface area contributed by atoms with Crippen molar-refractivity contribution < 1.29 is 5.11 Å². The number of nitrogens with zero attached hydrogens (tertiary/aromatic N) is 1. The molecule has 0 radical (unpaired) electrons. The Morgan fingerprint density at radius 3 is 2.60 bits per heavy atom. The first-order valence-corrected chi connectivity index (χ1v) is 5.52. The summed E-state index contributed by atoms with van der Waals surface area (Å²) < 4.78 is 0. The molecule has 0 saturated carbocycles. The van der Waals surface area contributed by atoms with Crippen LogP contribution in [0.5, 0.6) is 0 Å². The Balaban J connectivity index is 2.92. The molecule has 84 valence electrons. The molecule has 0 fully saturated rings. The zero-order valence-corrected chi connectivity index (χ0v) is 10.3. The molecule has 1 aromatic rings. The molecule has 0 unspecified atom stereocenters. The highest BCUT2D eigenvalue weighted by Gasteiger charge is 2.08. The number of benzene rings is 1. The molecule has 0 aromatic heterocycles. The van der Waals surface area contributed by atoms with Gasteiger partial charge in [0.25, 0.3) is 0 Å². The van der Waals surface area contributed by atoms with Crippen LogP contribution in [0.15, 0.2) is 18.2 Å². The van der Waals surface area contributed by atoms with Crippen molar-refractivity contribution in [3.63, 3.8) is 0 Å². The molecule has 3 heteroatoms. The van der Waals surface area contributed by atoms with Crippen molar-refractivity contribution in [2.75, 3.05) is 18.5 Å². The van der Waals surface area contributed by atoms with E-state index in [1.807, 2.05) is 25.2 Å². The highest BCUT2D eigenvalue weighted by molar-refractivity contribution is 6.30. The molecule has 0 atom stereocenters. The van der Waals surface area contributed by atoms with Gasteiger partial charge in [-0.3, -0.25) is 0 Å². The van der Waals surface area contributed by atoms with Crippen LogP contribution in [0.4, 0.5) is 5.69 Å². The Morgan fingerprint density at radius 2 is 2.07 bits per heavy atom. The molecular weight excluding hydrogens is 210 g/mol. The van der Waals surface area contributed by atoms with Crippen molar-refractivity contribution in [1.82, 2.24) is 0 Å². The summed E-state index contributed by atoms with van der Waals surface area (Å²) in [5.74, 6) is 0.595. The fraction of sp³-hybridized carbons (Fsp3) is 0.500. The minimum absolute atomic E-state index is 0.0261. The van der Waals surface area contributed by atoms with Crippen LogP contribution in [0, 0.1) is 5.92 Å². The first-order chi connectivity index (χ1) is 7.04. The van der Waals surface area contributed by atoms with Gasteiger partial charge in [0, 0.05) is 29.9 Å². The third-order valence-electron chi connectivity index (χ3n) is 2.26. The maximum Gasteiger partial charge on any atom is 0.0702 e. The van der Waals surface area contributed by atoms with Crippen LogP contribution in [-0.2, 0) is 6.61 Å².